The van der Waals surface area contributed by atoms with Gasteiger partial charge in [-0.1, -0.05) is 6.92 Å². The zero-order chi connectivity index (χ0) is 21.0. The quantitative estimate of drug-likeness (QED) is 0.758. The molecule has 2 amide bonds. The van der Waals surface area contributed by atoms with E-state index in [9.17, 15) is 14.4 Å². The monoisotopic (exact) mass is 404 g/mol. The van der Waals surface area contributed by atoms with Crippen LogP contribution in [0.4, 0.5) is 5.69 Å². The number of nitrogens with zero attached hydrogens (tertiary/aromatic N) is 1. The molecule has 3 atom stereocenters. The van der Waals surface area contributed by atoms with E-state index in [1.165, 1.54) is 7.11 Å². The fraction of sp³-hybridized carbons (Fsp3) is 0.571. The summed E-state index contributed by atoms with van der Waals surface area (Å²) in [6.45, 7) is 2.21. The third-order valence-corrected chi connectivity index (χ3v) is 5.39. The number of methoxy groups -OCH3 is 1. The minimum Gasteiger partial charge on any atom is -0.490 e. The second-order valence-corrected chi connectivity index (χ2v) is 7.46. The predicted octanol–water partition coefficient (Wildman–Crippen LogP) is 2.37. The number of ether oxygens (including phenoxy) is 3. The second kappa shape index (κ2) is 9.26. The Morgan fingerprint density at radius 3 is 2.83 bits per heavy atom. The lowest BCUT2D eigenvalue weighted by atomic mass is 9.94. The maximum Gasteiger partial charge on any atom is 0.308 e. The molecule has 1 N–H and O–H groups in total. The Kier molecular flexibility index (Phi) is 6.74. The summed E-state index contributed by atoms with van der Waals surface area (Å²) in [4.78, 5) is 38.2. The lowest BCUT2D eigenvalue weighted by Crippen LogP contribution is -2.53. The number of carbonyl (C=O) groups excluding carboxylic acids is 3. The molecule has 0 saturated carbocycles. The van der Waals surface area contributed by atoms with E-state index in [2.05, 4.69) is 5.32 Å². The number of amides is 2. The first-order valence-corrected chi connectivity index (χ1v) is 9.99. The summed E-state index contributed by atoms with van der Waals surface area (Å²) in [7, 11) is 3.11. The Hall–Kier alpha value is -2.61. The fourth-order valence-electron chi connectivity index (χ4n) is 3.83. The maximum absolute atomic E-state index is 13.1. The topological polar surface area (TPSA) is 94.2 Å². The Balaban J connectivity index is 1.77. The number of rotatable bonds is 5. The van der Waals surface area contributed by atoms with Gasteiger partial charge in [0.15, 0.2) is 0 Å². The van der Waals surface area contributed by atoms with Crippen molar-refractivity contribution < 1.29 is 28.6 Å². The van der Waals surface area contributed by atoms with Crippen LogP contribution in [0.5, 0.6) is 5.75 Å². The van der Waals surface area contributed by atoms with Gasteiger partial charge in [-0.25, -0.2) is 0 Å². The molecule has 1 aromatic carbocycles. The van der Waals surface area contributed by atoms with Crippen molar-refractivity contribution >= 4 is 23.5 Å². The number of fused-ring (bicyclic) bond motifs is 2. The van der Waals surface area contributed by atoms with E-state index in [1.807, 2.05) is 6.92 Å². The van der Waals surface area contributed by atoms with Crippen molar-refractivity contribution in [3.8, 4) is 5.75 Å². The van der Waals surface area contributed by atoms with Crippen molar-refractivity contribution in [1.82, 2.24) is 4.90 Å². The van der Waals surface area contributed by atoms with E-state index >= 15 is 0 Å². The average Bonchev–Trinajstić information content (AvgIpc) is 2.71. The molecule has 8 heteroatoms. The largest absolute Gasteiger partial charge is 0.490 e. The van der Waals surface area contributed by atoms with Crippen LogP contribution in [0, 0.1) is 0 Å². The van der Waals surface area contributed by atoms with Crippen LogP contribution in [-0.4, -0.2) is 61.7 Å². The SMILES string of the molecule is CCCC(=O)Nc1ccc2c(c1)C(=O)N(C)[C@H]1CC[C@H](CC(=O)OC)O[C@@H]1CO2. The first kappa shape index (κ1) is 21.1. The molecule has 1 aromatic rings. The summed E-state index contributed by atoms with van der Waals surface area (Å²) in [6.07, 6.45) is 2.16. The number of hydrogen-bond donors (Lipinski definition) is 1. The minimum atomic E-state index is -0.329. The number of benzene rings is 1. The fourth-order valence-corrected chi connectivity index (χ4v) is 3.83. The number of nitrogens with one attached hydrogen (secondary N) is 1. The summed E-state index contributed by atoms with van der Waals surface area (Å²) < 4.78 is 16.7. The first-order valence-electron chi connectivity index (χ1n) is 9.99. The van der Waals surface area contributed by atoms with Gasteiger partial charge in [-0.15, -0.1) is 0 Å². The predicted molar refractivity (Wildman–Crippen MR) is 106 cm³/mol. The number of likely N-dealkylation sites (N-methyl/N-ethyl adjacent to an activating group) is 1. The molecule has 1 fully saturated rings. The van der Waals surface area contributed by atoms with Gasteiger partial charge in [0.2, 0.25) is 5.91 Å². The molecule has 2 aliphatic heterocycles. The van der Waals surface area contributed by atoms with Crippen LogP contribution in [0.15, 0.2) is 18.2 Å². The zero-order valence-corrected chi connectivity index (χ0v) is 17.1. The van der Waals surface area contributed by atoms with Crippen molar-refractivity contribution in [2.45, 2.75) is 57.3 Å². The van der Waals surface area contributed by atoms with Crippen molar-refractivity contribution in [1.29, 1.82) is 0 Å². The Bertz CT molecular complexity index is 780. The van der Waals surface area contributed by atoms with E-state index in [1.54, 1.807) is 30.1 Å². The lowest BCUT2D eigenvalue weighted by Gasteiger charge is -2.42. The molecule has 0 unspecified atom stereocenters. The van der Waals surface area contributed by atoms with Gasteiger partial charge >= 0.3 is 5.97 Å². The summed E-state index contributed by atoms with van der Waals surface area (Å²) >= 11 is 0. The van der Waals surface area contributed by atoms with Crippen LogP contribution >= 0.6 is 0 Å². The number of carbonyl (C=O) groups is 3. The van der Waals surface area contributed by atoms with E-state index in [0.29, 0.717) is 36.3 Å². The van der Waals surface area contributed by atoms with Crippen molar-refractivity contribution in [2.75, 3.05) is 26.1 Å². The van der Waals surface area contributed by atoms with Crippen molar-refractivity contribution in [3.63, 3.8) is 0 Å². The molecule has 29 heavy (non-hydrogen) atoms. The second-order valence-electron chi connectivity index (χ2n) is 7.46. The molecule has 2 heterocycles. The molecular formula is C21H28N2O6. The van der Waals surface area contributed by atoms with Gasteiger partial charge < -0.3 is 24.4 Å². The highest BCUT2D eigenvalue weighted by atomic mass is 16.5. The van der Waals surface area contributed by atoms with Crippen molar-refractivity contribution in [2.24, 2.45) is 0 Å². The van der Waals surface area contributed by atoms with Crippen molar-refractivity contribution in [3.05, 3.63) is 23.8 Å². The van der Waals surface area contributed by atoms with Gasteiger partial charge in [0.25, 0.3) is 5.91 Å². The standard InChI is InChI=1S/C21H28N2O6/c1-4-5-19(24)22-13-6-9-17-15(10-13)21(26)23(2)16-8-7-14(11-20(25)27-3)29-18(16)12-28-17/h6,9-10,14,16,18H,4-5,7-8,11-12H2,1-3H3,(H,22,24)/t14-,16+,18-/m1/s1. The van der Waals surface area contributed by atoms with Crippen LogP contribution in [0.2, 0.25) is 0 Å². The van der Waals surface area contributed by atoms with Gasteiger partial charge in [-0.05, 0) is 37.5 Å². The number of anilines is 1. The number of hydrogen-bond acceptors (Lipinski definition) is 6. The van der Waals surface area contributed by atoms with Gasteiger partial charge in [-0.3, -0.25) is 14.4 Å². The maximum atomic E-state index is 13.1. The summed E-state index contributed by atoms with van der Waals surface area (Å²) in [5.74, 6) is -0.131. The van der Waals surface area contributed by atoms with Crippen LogP contribution in [0.3, 0.4) is 0 Å². The van der Waals surface area contributed by atoms with Crippen LogP contribution in [-0.2, 0) is 19.1 Å². The third kappa shape index (κ3) is 4.87. The molecule has 0 aromatic heterocycles. The average molecular weight is 404 g/mol. The van der Waals surface area contributed by atoms with Gasteiger partial charge in [-0.2, -0.15) is 0 Å². The van der Waals surface area contributed by atoms with E-state index in [0.717, 1.165) is 6.42 Å². The normalized spacial score (nSPS) is 23.8. The molecule has 3 rings (SSSR count). The lowest BCUT2D eigenvalue weighted by molar-refractivity contribution is -0.151. The van der Waals surface area contributed by atoms with Gasteiger partial charge in [0, 0.05) is 19.2 Å². The molecular weight excluding hydrogens is 376 g/mol. The highest BCUT2D eigenvalue weighted by Gasteiger charge is 2.39. The van der Waals surface area contributed by atoms with E-state index in [4.69, 9.17) is 14.2 Å². The van der Waals surface area contributed by atoms with Crippen LogP contribution in [0.25, 0.3) is 0 Å². The van der Waals surface area contributed by atoms with Crippen LogP contribution < -0.4 is 10.1 Å². The molecule has 0 aliphatic carbocycles. The highest BCUT2D eigenvalue weighted by molar-refractivity contribution is 5.99. The summed E-state index contributed by atoms with van der Waals surface area (Å²) in [6, 6.07) is 4.92. The molecule has 1 saturated heterocycles. The molecule has 2 aliphatic rings. The molecule has 8 nitrogen and oxygen atoms in total. The third-order valence-electron chi connectivity index (χ3n) is 5.39. The summed E-state index contributed by atoms with van der Waals surface area (Å²) in [5, 5.41) is 2.82. The molecule has 0 spiro atoms. The van der Waals surface area contributed by atoms with E-state index < -0.39 is 0 Å². The molecule has 0 bridgehead atoms. The Labute approximate surface area is 170 Å². The highest BCUT2D eigenvalue weighted by Crippen LogP contribution is 2.32. The Morgan fingerprint density at radius 2 is 2.10 bits per heavy atom. The molecule has 0 radical (unpaired) electrons. The minimum absolute atomic E-state index is 0.0857. The number of esters is 1. The van der Waals surface area contributed by atoms with Crippen LogP contribution in [0.1, 0.15) is 49.4 Å². The first-order chi connectivity index (χ1) is 13.9. The molecule has 158 valence electrons. The smallest absolute Gasteiger partial charge is 0.308 e. The zero-order valence-electron chi connectivity index (χ0n) is 17.1. The van der Waals surface area contributed by atoms with Gasteiger partial charge in [0.05, 0.1) is 31.2 Å². The summed E-state index contributed by atoms with van der Waals surface area (Å²) in [5.41, 5.74) is 0.986. The Morgan fingerprint density at radius 1 is 1.31 bits per heavy atom. The van der Waals surface area contributed by atoms with Gasteiger partial charge in [0.1, 0.15) is 18.5 Å². The van der Waals surface area contributed by atoms with E-state index in [-0.39, 0.29) is 49.1 Å².